The van der Waals surface area contributed by atoms with Crippen molar-refractivity contribution in [3.63, 3.8) is 0 Å². The summed E-state index contributed by atoms with van der Waals surface area (Å²) < 4.78 is 10.4. The molecule has 2 N–H and O–H groups in total. The first-order chi connectivity index (χ1) is 10.0. The van der Waals surface area contributed by atoms with E-state index in [9.17, 15) is 4.79 Å². The van der Waals surface area contributed by atoms with Crippen LogP contribution in [0.5, 0.6) is 0 Å². The van der Waals surface area contributed by atoms with Gasteiger partial charge in [-0.25, -0.2) is 0 Å². The molecule has 21 heavy (non-hydrogen) atoms. The SMILES string of the molecule is CCCC(CN)(CCC)C(=O)N(CCOC)C(C)COC. The number of amides is 1. The van der Waals surface area contributed by atoms with Crippen LogP contribution < -0.4 is 5.73 Å². The molecule has 0 aromatic rings. The molecule has 0 heterocycles. The van der Waals surface area contributed by atoms with Crippen LogP contribution in [0.3, 0.4) is 0 Å². The second-order valence-electron chi connectivity index (χ2n) is 5.78. The number of hydrogen-bond acceptors (Lipinski definition) is 4. The molecule has 0 aromatic heterocycles. The van der Waals surface area contributed by atoms with Gasteiger partial charge in [-0.05, 0) is 19.8 Å². The van der Waals surface area contributed by atoms with Gasteiger partial charge in [0.05, 0.1) is 24.7 Å². The van der Waals surface area contributed by atoms with Crippen LogP contribution in [0, 0.1) is 5.41 Å². The highest BCUT2D eigenvalue weighted by Crippen LogP contribution is 2.32. The molecule has 5 nitrogen and oxygen atoms in total. The molecule has 0 rings (SSSR count). The molecule has 0 radical (unpaired) electrons. The molecule has 0 spiro atoms. The van der Waals surface area contributed by atoms with Crippen LogP contribution in [0.4, 0.5) is 0 Å². The van der Waals surface area contributed by atoms with Gasteiger partial charge >= 0.3 is 0 Å². The number of rotatable bonds is 12. The molecule has 0 aromatic carbocycles. The molecule has 126 valence electrons. The fourth-order valence-corrected chi connectivity index (χ4v) is 2.93. The van der Waals surface area contributed by atoms with E-state index in [0.29, 0.717) is 26.3 Å². The van der Waals surface area contributed by atoms with Gasteiger partial charge in [0.1, 0.15) is 0 Å². The van der Waals surface area contributed by atoms with E-state index in [-0.39, 0.29) is 11.9 Å². The van der Waals surface area contributed by atoms with Gasteiger partial charge in [-0.2, -0.15) is 0 Å². The first-order valence-corrected chi connectivity index (χ1v) is 8.01. The zero-order chi connectivity index (χ0) is 16.3. The summed E-state index contributed by atoms with van der Waals surface area (Å²) in [6, 6.07) is 0.0253. The van der Waals surface area contributed by atoms with Gasteiger partial charge in [0.25, 0.3) is 0 Å². The maximum atomic E-state index is 13.1. The number of carbonyl (C=O) groups is 1. The number of hydrogen-bond donors (Lipinski definition) is 1. The van der Waals surface area contributed by atoms with Crippen molar-refractivity contribution in [1.82, 2.24) is 4.90 Å². The Labute approximate surface area is 130 Å². The van der Waals surface area contributed by atoms with E-state index in [1.54, 1.807) is 14.2 Å². The molecule has 5 heteroatoms. The number of methoxy groups -OCH3 is 2. The van der Waals surface area contributed by atoms with Crippen LogP contribution in [0.1, 0.15) is 46.5 Å². The van der Waals surface area contributed by atoms with E-state index in [4.69, 9.17) is 15.2 Å². The Morgan fingerprint density at radius 3 is 2.14 bits per heavy atom. The van der Waals surface area contributed by atoms with Crippen molar-refractivity contribution in [3.05, 3.63) is 0 Å². The Morgan fingerprint density at radius 2 is 1.76 bits per heavy atom. The van der Waals surface area contributed by atoms with Gasteiger partial charge < -0.3 is 20.1 Å². The zero-order valence-corrected chi connectivity index (χ0v) is 14.5. The van der Waals surface area contributed by atoms with Crippen molar-refractivity contribution < 1.29 is 14.3 Å². The maximum absolute atomic E-state index is 13.1. The quantitative estimate of drug-likeness (QED) is 0.599. The van der Waals surface area contributed by atoms with Crippen LogP contribution in [0.25, 0.3) is 0 Å². The predicted molar refractivity (Wildman–Crippen MR) is 86.2 cm³/mol. The van der Waals surface area contributed by atoms with Crippen LogP contribution >= 0.6 is 0 Å². The zero-order valence-electron chi connectivity index (χ0n) is 14.5. The summed E-state index contributed by atoms with van der Waals surface area (Å²) in [5.74, 6) is 0.148. The fourth-order valence-electron chi connectivity index (χ4n) is 2.93. The number of nitrogens with two attached hydrogens (primary N) is 1. The molecular formula is C16H34N2O3. The number of ether oxygens (including phenoxy) is 2. The smallest absolute Gasteiger partial charge is 0.230 e. The molecule has 0 saturated heterocycles. The lowest BCUT2D eigenvalue weighted by molar-refractivity contribution is -0.146. The van der Waals surface area contributed by atoms with Gasteiger partial charge in [-0.15, -0.1) is 0 Å². The Morgan fingerprint density at radius 1 is 1.19 bits per heavy atom. The van der Waals surface area contributed by atoms with Crippen LogP contribution in [0.15, 0.2) is 0 Å². The highest BCUT2D eigenvalue weighted by atomic mass is 16.5. The van der Waals surface area contributed by atoms with Crippen molar-refractivity contribution in [2.75, 3.05) is 40.5 Å². The van der Waals surface area contributed by atoms with Crippen molar-refractivity contribution in [3.8, 4) is 0 Å². The summed E-state index contributed by atoms with van der Waals surface area (Å²) in [6.07, 6.45) is 3.58. The first kappa shape index (κ1) is 20.3. The second kappa shape index (κ2) is 11.0. The van der Waals surface area contributed by atoms with Gasteiger partial charge in [0.2, 0.25) is 5.91 Å². The lowest BCUT2D eigenvalue weighted by Crippen LogP contribution is -2.53. The van der Waals surface area contributed by atoms with E-state index in [2.05, 4.69) is 13.8 Å². The average molecular weight is 302 g/mol. The largest absolute Gasteiger partial charge is 0.383 e. The minimum atomic E-state index is -0.445. The third-order valence-electron chi connectivity index (χ3n) is 4.04. The van der Waals surface area contributed by atoms with Crippen molar-refractivity contribution >= 4 is 5.91 Å². The van der Waals surface area contributed by atoms with E-state index in [1.165, 1.54) is 0 Å². The summed E-state index contributed by atoms with van der Waals surface area (Å²) in [7, 11) is 3.31. The molecule has 0 bridgehead atoms. The van der Waals surface area contributed by atoms with Gasteiger partial charge in [-0.1, -0.05) is 26.7 Å². The Hall–Kier alpha value is -0.650. The van der Waals surface area contributed by atoms with Crippen LogP contribution in [-0.2, 0) is 14.3 Å². The summed E-state index contributed by atoms with van der Waals surface area (Å²) in [5.41, 5.74) is 5.57. The minimum absolute atomic E-state index is 0.0253. The summed E-state index contributed by atoms with van der Waals surface area (Å²) in [4.78, 5) is 15.0. The van der Waals surface area contributed by atoms with E-state index in [1.807, 2.05) is 11.8 Å². The monoisotopic (exact) mass is 302 g/mol. The fraction of sp³-hybridized carbons (Fsp3) is 0.938. The Bertz CT molecular complexity index is 279. The summed E-state index contributed by atoms with van der Waals surface area (Å²) in [6.45, 7) is 8.24. The Balaban J connectivity index is 5.24. The lowest BCUT2D eigenvalue weighted by Gasteiger charge is -2.39. The van der Waals surface area contributed by atoms with Gasteiger partial charge in [0, 0.05) is 27.3 Å². The predicted octanol–water partition coefficient (Wildman–Crippen LogP) is 2.04. The standard InChI is InChI=1S/C16H34N2O3/c1-6-8-16(13-17,9-7-2)15(19)18(10-11-20-4)14(3)12-21-5/h14H,6-13,17H2,1-5H3. The van der Waals surface area contributed by atoms with E-state index in [0.717, 1.165) is 25.7 Å². The summed E-state index contributed by atoms with van der Waals surface area (Å²) >= 11 is 0. The first-order valence-electron chi connectivity index (χ1n) is 8.01. The number of nitrogens with zero attached hydrogens (tertiary/aromatic N) is 1. The van der Waals surface area contributed by atoms with Crippen molar-refractivity contribution in [2.45, 2.75) is 52.5 Å². The maximum Gasteiger partial charge on any atom is 0.230 e. The molecule has 1 unspecified atom stereocenters. The molecule has 0 aliphatic carbocycles. The van der Waals surface area contributed by atoms with Gasteiger partial charge in [0.15, 0.2) is 0 Å². The molecule has 0 aliphatic rings. The lowest BCUT2D eigenvalue weighted by atomic mass is 9.77. The molecule has 0 fully saturated rings. The molecule has 1 amide bonds. The minimum Gasteiger partial charge on any atom is -0.383 e. The molecule has 0 saturated carbocycles. The van der Waals surface area contributed by atoms with Crippen LogP contribution in [0.2, 0.25) is 0 Å². The third-order valence-corrected chi connectivity index (χ3v) is 4.04. The summed E-state index contributed by atoms with van der Waals surface area (Å²) in [5, 5.41) is 0. The number of carbonyl (C=O) groups excluding carboxylic acids is 1. The van der Waals surface area contributed by atoms with E-state index < -0.39 is 5.41 Å². The van der Waals surface area contributed by atoms with E-state index >= 15 is 0 Å². The topological polar surface area (TPSA) is 64.8 Å². The van der Waals surface area contributed by atoms with Crippen molar-refractivity contribution in [2.24, 2.45) is 11.1 Å². The third kappa shape index (κ3) is 5.93. The molecule has 0 aliphatic heterocycles. The molecular weight excluding hydrogens is 268 g/mol. The van der Waals surface area contributed by atoms with Gasteiger partial charge in [-0.3, -0.25) is 4.79 Å². The van der Waals surface area contributed by atoms with Crippen LogP contribution in [-0.4, -0.2) is 57.4 Å². The highest BCUT2D eigenvalue weighted by molar-refractivity contribution is 5.83. The second-order valence-corrected chi connectivity index (χ2v) is 5.78. The average Bonchev–Trinajstić information content (AvgIpc) is 2.47. The van der Waals surface area contributed by atoms with Crippen molar-refractivity contribution in [1.29, 1.82) is 0 Å². The normalized spacial score (nSPS) is 13.2. The highest BCUT2D eigenvalue weighted by Gasteiger charge is 2.39. The Kier molecular flexibility index (Phi) is 10.6. The molecule has 1 atom stereocenters.